The number of nitrogens with one attached hydrogen (secondary N) is 3. The summed E-state index contributed by atoms with van der Waals surface area (Å²) in [6.45, 7) is 3.50. The third kappa shape index (κ3) is 6.93. The zero-order chi connectivity index (χ0) is 29.0. The lowest BCUT2D eigenvalue weighted by molar-refractivity contribution is -0.140. The molecule has 41 heavy (non-hydrogen) atoms. The Morgan fingerprint density at radius 2 is 2.10 bits per heavy atom. The molecule has 1 fully saturated rings. The van der Waals surface area contributed by atoms with Crippen LogP contribution < -0.4 is 16.4 Å². The summed E-state index contributed by atoms with van der Waals surface area (Å²) >= 11 is 0.862. The van der Waals surface area contributed by atoms with Crippen LogP contribution in [0, 0.1) is 5.92 Å². The molecule has 0 radical (unpaired) electrons. The normalized spacial score (nSPS) is 20.3. The first-order valence-corrected chi connectivity index (χ1v) is 14.0. The number of aliphatic imine (C=N–C) groups is 2. The number of rotatable bonds is 6. The van der Waals surface area contributed by atoms with Gasteiger partial charge in [-0.1, -0.05) is 6.92 Å². The van der Waals surface area contributed by atoms with Gasteiger partial charge in [0.2, 0.25) is 5.89 Å². The first-order chi connectivity index (χ1) is 19.7. The van der Waals surface area contributed by atoms with Gasteiger partial charge in [-0.15, -0.1) is 16.4 Å². The maximum absolute atomic E-state index is 13.5. The van der Waals surface area contributed by atoms with Crippen LogP contribution in [-0.2, 0) is 15.7 Å². The lowest BCUT2D eigenvalue weighted by Crippen LogP contribution is -2.41. The lowest BCUT2D eigenvalue weighted by atomic mass is 9.84. The number of halogens is 3. The predicted octanol–water partition coefficient (Wildman–Crippen LogP) is 3.76. The molecule has 220 valence electrons. The SMILES string of the molecule is CCCNC(=O)NC1=NCC(C2CC(c3n[nH]c(=O)o3)=CN=C2OC2CCOCC2)=C(c2nc(C(F)(F)F)cs2)C1. The second-order valence-corrected chi connectivity index (χ2v) is 10.4. The molecule has 0 aliphatic carbocycles. The Labute approximate surface area is 235 Å². The van der Waals surface area contributed by atoms with Crippen LogP contribution in [0.25, 0.3) is 11.1 Å². The minimum atomic E-state index is -4.61. The Morgan fingerprint density at radius 1 is 1.29 bits per heavy atom. The van der Waals surface area contributed by atoms with Crippen molar-refractivity contribution >= 4 is 40.2 Å². The summed E-state index contributed by atoms with van der Waals surface area (Å²) in [5.74, 6) is -0.570. The Morgan fingerprint density at radius 3 is 2.78 bits per heavy atom. The Bertz CT molecular complexity index is 1450. The van der Waals surface area contributed by atoms with E-state index in [1.54, 1.807) is 0 Å². The molecule has 16 heteroatoms. The first kappa shape index (κ1) is 28.7. The quantitative estimate of drug-likeness (QED) is 0.459. The average molecular weight is 596 g/mol. The monoisotopic (exact) mass is 595 g/mol. The molecule has 0 aromatic carbocycles. The number of ether oxygens (including phenoxy) is 2. The number of amides is 2. The molecule has 0 spiro atoms. The molecule has 2 aromatic heterocycles. The largest absolute Gasteiger partial charge is 0.477 e. The van der Waals surface area contributed by atoms with Gasteiger partial charge in [0.15, 0.2) is 11.6 Å². The molecule has 5 heterocycles. The molecule has 12 nitrogen and oxygen atoms in total. The van der Waals surface area contributed by atoms with Gasteiger partial charge in [0.1, 0.15) is 16.9 Å². The van der Waals surface area contributed by atoms with Crippen molar-refractivity contribution in [2.45, 2.75) is 51.3 Å². The maximum Gasteiger partial charge on any atom is 0.434 e. The summed E-state index contributed by atoms with van der Waals surface area (Å²) in [6.07, 6.45) is -0.943. The highest BCUT2D eigenvalue weighted by atomic mass is 32.1. The van der Waals surface area contributed by atoms with E-state index in [0.29, 0.717) is 61.1 Å². The second kappa shape index (κ2) is 12.4. The molecule has 1 unspecified atom stereocenters. The van der Waals surface area contributed by atoms with Crippen molar-refractivity contribution in [2.75, 3.05) is 26.3 Å². The lowest BCUT2D eigenvalue weighted by Gasteiger charge is -2.32. The van der Waals surface area contributed by atoms with E-state index in [4.69, 9.17) is 13.9 Å². The van der Waals surface area contributed by atoms with E-state index in [9.17, 15) is 22.8 Å². The molecule has 2 amide bonds. The number of aromatic amines is 1. The Hall–Kier alpha value is -3.79. The van der Waals surface area contributed by atoms with Gasteiger partial charge in [-0.3, -0.25) is 10.3 Å². The first-order valence-electron chi connectivity index (χ1n) is 13.1. The number of thiazole rings is 1. The number of carbonyl (C=O) groups is 1. The van der Waals surface area contributed by atoms with Crippen molar-refractivity contribution in [3.63, 3.8) is 0 Å². The molecule has 5 rings (SSSR count). The van der Waals surface area contributed by atoms with Crippen LogP contribution in [0.15, 0.2) is 36.3 Å². The molecule has 3 aliphatic heterocycles. The van der Waals surface area contributed by atoms with Crippen LogP contribution in [-0.4, -0.2) is 65.4 Å². The highest BCUT2D eigenvalue weighted by Crippen LogP contribution is 2.40. The molecular formula is C25H28F3N7O5S. The number of hydrogen-bond donors (Lipinski definition) is 3. The van der Waals surface area contributed by atoms with Crippen LogP contribution in [0.5, 0.6) is 0 Å². The predicted molar refractivity (Wildman–Crippen MR) is 143 cm³/mol. The van der Waals surface area contributed by atoms with E-state index in [1.807, 2.05) is 6.92 Å². The molecular weight excluding hydrogens is 567 g/mol. The number of carbonyl (C=O) groups excluding carboxylic acids is 1. The van der Waals surface area contributed by atoms with E-state index in [2.05, 4.69) is 35.8 Å². The number of amidine groups is 1. The zero-order valence-electron chi connectivity index (χ0n) is 22.0. The maximum atomic E-state index is 13.5. The molecule has 1 saturated heterocycles. The van der Waals surface area contributed by atoms with Gasteiger partial charge in [0, 0.05) is 43.0 Å². The van der Waals surface area contributed by atoms with Crippen LogP contribution in [0.3, 0.4) is 0 Å². The van der Waals surface area contributed by atoms with E-state index in [-0.39, 0.29) is 36.4 Å². The summed E-state index contributed by atoms with van der Waals surface area (Å²) in [6, 6.07) is -0.454. The van der Waals surface area contributed by atoms with Crippen LogP contribution in [0.1, 0.15) is 55.6 Å². The minimum Gasteiger partial charge on any atom is -0.477 e. The summed E-state index contributed by atoms with van der Waals surface area (Å²) < 4.78 is 57.3. The fraction of sp³-hybridized carbons (Fsp3) is 0.520. The number of dihydropyridines is 1. The number of allylic oxidation sites excluding steroid dienone is 1. The number of H-pyrrole nitrogens is 1. The molecule has 3 aliphatic rings. The van der Waals surface area contributed by atoms with Crippen LogP contribution in [0.4, 0.5) is 18.0 Å². The van der Waals surface area contributed by atoms with Gasteiger partial charge in [-0.05, 0) is 24.0 Å². The van der Waals surface area contributed by atoms with Crippen molar-refractivity contribution in [2.24, 2.45) is 15.9 Å². The molecule has 0 saturated carbocycles. The molecule has 1 atom stereocenters. The van der Waals surface area contributed by atoms with E-state index in [1.165, 1.54) is 6.20 Å². The smallest absolute Gasteiger partial charge is 0.434 e. The third-order valence-corrected chi connectivity index (χ3v) is 7.58. The number of aromatic nitrogens is 3. The number of urea groups is 1. The summed E-state index contributed by atoms with van der Waals surface area (Å²) in [7, 11) is 0. The summed E-state index contributed by atoms with van der Waals surface area (Å²) in [4.78, 5) is 36.9. The van der Waals surface area contributed by atoms with Gasteiger partial charge < -0.3 is 19.2 Å². The topological polar surface area (TPSA) is 156 Å². The highest BCUT2D eigenvalue weighted by Gasteiger charge is 2.37. The van der Waals surface area contributed by atoms with Gasteiger partial charge >= 0.3 is 18.0 Å². The van der Waals surface area contributed by atoms with E-state index in [0.717, 1.165) is 23.1 Å². The fourth-order valence-corrected chi connectivity index (χ4v) is 5.54. The van der Waals surface area contributed by atoms with Gasteiger partial charge in [-0.25, -0.2) is 24.7 Å². The fourth-order valence-electron chi connectivity index (χ4n) is 4.64. The Balaban J connectivity index is 1.51. The van der Waals surface area contributed by atoms with Gasteiger partial charge in [0.25, 0.3) is 0 Å². The second-order valence-electron chi connectivity index (χ2n) is 9.59. The zero-order valence-corrected chi connectivity index (χ0v) is 22.9. The summed E-state index contributed by atoms with van der Waals surface area (Å²) in [5, 5.41) is 12.6. The van der Waals surface area contributed by atoms with Crippen molar-refractivity contribution in [1.29, 1.82) is 0 Å². The van der Waals surface area contributed by atoms with Crippen molar-refractivity contribution < 1.29 is 31.9 Å². The average Bonchev–Trinajstić information content (AvgIpc) is 3.63. The molecule has 0 bridgehead atoms. The van der Waals surface area contributed by atoms with Crippen LogP contribution >= 0.6 is 11.3 Å². The standard InChI is InChI=1S/C25H28F3N7O5S/c1-2-5-29-23(36)33-19-9-16(22-32-18(12-41-22)25(26,27)28)17(11-30-19)15-8-13(20-34-35-24(37)40-20)10-31-21(15)39-14-3-6-38-7-4-14/h10,12,14-15H,2-9,11H2,1H3,(H,35,37)(H2,29,30,33,36). The third-order valence-electron chi connectivity index (χ3n) is 6.68. The Kier molecular flexibility index (Phi) is 8.68. The van der Waals surface area contributed by atoms with E-state index >= 15 is 0 Å². The molecule has 3 N–H and O–H groups in total. The van der Waals surface area contributed by atoms with Crippen molar-refractivity contribution in [3.8, 4) is 0 Å². The van der Waals surface area contributed by atoms with Crippen LogP contribution in [0.2, 0.25) is 0 Å². The van der Waals surface area contributed by atoms with Crippen molar-refractivity contribution in [3.05, 3.63) is 44.3 Å². The number of alkyl halides is 3. The summed E-state index contributed by atoms with van der Waals surface area (Å²) in [5.41, 5.74) is 0.629. The number of hydrogen-bond acceptors (Lipinski definition) is 10. The molecule has 2 aromatic rings. The van der Waals surface area contributed by atoms with Crippen molar-refractivity contribution in [1.82, 2.24) is 25.8 Å². The minimum absolute atomic E-state index is 0.0390. The van der Waals surface area contributed by atoms with E-state index < -0.39 is 29.6 Å². The number of nitrogens with zero attached hydrogens (tertiary/aromatic N) is 4. The van der Waals surface area contributed by atoms with Gasteiger partial charge in [0.05, 0.1) is 25.7 Å². The highest BCUT2D eigenvalue weighted by molar-refractivity contribution is 7.10. The van der Waals surface area contributed by atoms with Gasteiger partial charge in [-0.2, -0.15) is 13.2 Å².